The van der Waals surface area contributed by atoms with Gasteiger partial charge in [-0.2, -0.15) is 4.31 Å². The molecule has 2 saturated heterocycles. The third-order valence-corrected chi connectivity index (χ3v) is 8.12. The maximum atomic E-state index is 13.0. The maximum Gasteiger partial charge on any atom is 0.325 e. The number of urea groups is 1. The second kappa shape index (κ2) is 8.81. The van der Waals surface area contributed by atoms with Crippen molar-refractivity contribution >= 4 is 45.2 Å². The van der Waals surface area contributed by atoms with Crippen molar-refractivity contribution in [3.63, 3.8) is 0 Å². The molecule has 33 heavy (non-hydrogen) atoms. The summed E-state index contributed by atoms with van der Waals surface area (Å²) in [6.07, 6.45) is 3.90. The van der Waals surface area contributed by atoms with Crippen LogP contribution in [0.2, 0.25) is 5.02 Å². The van der Waals surface area contributed by atoms with E-state index < -0.39 is 40.0 Å². The number of hydrogen-bond donors (Lipinski definition) is 2. The molecule has 4 amide bonds. The van der Waals surface area contributed by atoms with Crippen molar-refractivity contribution in [3.8, 4) is 0 Å². The van der Waals surface area contributed by atoms with Crippen molar-refractivity contribution in [2.75, 3.05) is 25.0 Å². The van der Waals surface area contributed by atoms with Crippen LogP contribution in [0.4, 0.5) is 10.5 Å². The van der Waals surface area contributed by atoms with Gasteiger partial charge in [0.1, 0.15) is 17.2 Å². The van der Waals surface area contributed by atoms with Gasteiger partial charge in [-0.05, 0) is 50.1 Å². The zero-order valence-electron chi connectivity index (χ0n) is 17.8. The normalized spacial score (nSPS) is 21.8. The highest BCUT2D eigenvalue weighted by atomic mass is 35.5. The van der Waals surface area contributed by atoms with Crippen LogP contribution in [0.3, 0.4) is 0 Å². The lowest BCUT2D eigenvalue weighted by atomic mass is 9.99. The van der Waals surface area contributed by atoms with E-state index in [4.69, 9.17) is 16.0 Å². The van der Waals surface area contributed by atoms with Gasteiger partial charge in [0, 0.05) is 18.8 Å². The molecule has 176 valence electrons. The molecule has 1 aromatic heterocycles. The highest BCUT2D eigenvalue weighted by molar-refractivity contribution is 7.89. The SMILES string of the molecule is CC1(c2ccco2)NC(=O)N(CC(=O)Nc2ccc(Cl)c(S(=O)(=O)N3CCCCC3)c2)C1=O. The molecule has 0 aliphatic carbocycles. The number of carbonyl (C=O) groups is 3. The van der Waals surface area contributed by atoms with Crippen molar-refractivity contribution in [2.24, 2.45) is 0 Å². The Bertz CT molecular complexity index is 1190. The van der Waals surface area contributed by atoms with Crippen molar-refractivity contribution in [1.29, 1.82) is 0 Å². The molecule has 0 spiro atoms. The van der Waals surface area contributed by atoms with Crippen molar-refractivity contribution < 1.29 is 27.2 Å². The van der Waals surface area contributed by atoms with Gasteiger partial charge in [0.2, 0.25) is 15.9 Å². The summed E-state index contributed by atoms with van der Waals surface area (Å²) in [6, 6.07) is 6.52. The van der Waals surface area contributed by atoms with E-state index in [2.05, 4.69) is 10.6 Å². The number of rotatable bonds is 6. The monoisotopic (exact) mass is 494 g/mol. The van der Waals surface area contributed by atoms with Gasteiger partial charge in [-0.1, -0.05) is 18.0 Å². The average Bonchev–Trinajstić information content (AvgIpc) is 3.40. The number of benzene rings is 1. The van der Waals surface area contributed by atoms with Crippen molar-refractivity contribution in [3.05, 3.63) is 47.4 Å². The molecule has 1 atom stereocenters. The standard InChI is InChI=1S/C21H23ClN4O6S/c1-21(17-6-5-11-32-17)19(28)26(20(29)24-21)13-18(27)23-14-7-8-15(22)16(12-14)33(30,31)25-9-3-2-4-10-25/h5-8,11-12H,2-4,9-10,13H2,1H3,(H,23,27)(H,24,29). The lowest BCUT2D eigenvalue weighted by Gasteiger charge is -2.26. The summed E-state index contributed by atoms with van der Waals surface area (Å²) in [5.74, 6) is -1.07. The van der Waals surface area contributed by atoms with E-state index in [0.717, 1.165) is 24.2 Å². The number of nitrogens with zero attached hydrogens (tertiary/aromatic N) is 2. The molecule has 0 radical (unpaired) electrons. The summed E-state index contributed by atoms with van der Waals surface area (Å²) in [4.78, 5) is 38.5. The zero-order valence-corrected chi connectivity index (χ0v) is 19.4. The minimum atomic E-state index is -3.82. The van der Waals surface area contributed by atoms with Gasteiger partial charge in [0.15, 0.2) is 5.54 Å². The van der Waals surface area contributed by atoms with Crippen LogP contribution in [-0.2, 0) is 25.2 Å². The molecule has 10 nitrogen and oxygen atoms in total. The minimum absolute atomic E-state index is 0.0434. The number of amides is 4. The second-order valence-corrected chi connectivity index (χ2v) is 10.4. The molecule has 2 N–H and O–H groups in total. The number of nitrogens with one attached hydrogen (secondary N) is 2. The minimum Gasteiger partial charge on any atom is -0.466 e. The smallest absolute Gasteiger partial charge is 0.325 e. The third-order valence-electron chi connectivity index (χ3n) is 5.74. The summed E-state index contributed by atoms with van der Waals surface area (Å²) in [6.45, 7) is 1.75. The van der Waals surface area contributed by atoms with E-state index in [9.17, 15) is 22.8 Å². The first-order valence-corrected chi connectivity index (χ1v) is 12.2. The van der Waals surface area contributed by atoms with Gasteiger partial charge in [0.25, 0.3) is 5.91 Å². The van der Waals surface area contributed by atoms with Crippen LogP contribution in [-0.4, -0.2) is 55.1 Å². The van der Waals surface area contributed by atoms with Crippen LogP contribution in [0.1, 0.15) is 31.9 Å². The molecule has 3 heterocycles. The molecule has 1 aromatic carbocycles. The number of halogens is 1. The Balaban J connectivity index is 1.49. The Morgan fingerprint density at radius 2 is 1.94 bits per heavy atom. The number of hydrogen-bond acceptors (Lipinski definition) is 6. The van der Waals surface area contributed by atoms with E-state index in [-0.39, 0.29) is 21.4 Å². The number of sulfonamides is 1. The lowest BCUT2D eigenvalue weighted by Crippen LogP contribution is -2.41. The van der Waals surface area contributed by atoms with Crippen LogP contribution < -0.4 is 10.6 Å². The number of carbonyl (C=O) groups excluding carboxylic acids is 3. The van der Waals surface area contributed by atoms with Gasteiger partial charge < -0.3 is 15.1 Å². The van der Waals surface area contributed by atoms with Crippen molar-refractivity contribution in [2.45, 2.75) is 36.6 Å². The number of piperidine rings is 1. The molecule has 2 aliphatic rings. The molecule has 0 saturated carbocycles. The van der Waals surface area contributed by atoms with Gasteiger partial charge in [0.05, 0.1) is 11.3 Å². The van der Waals surface area contributed by atoms with Crippen LogP contribution in [0.5, 0.6) is 0 Å². The third kappa shape index (κ3) is 4.35. The first-order valence-electron chi connectivity index (χ1n) is 10.4. The van der Waals surface area contributed by atoms with Crippen LogP contribution in [0.25, 0.3) is 0 Å². The van der Waals surface area contributed by atoms with Gasteiger partial charge in [-0.15, -0.1) is 0 Å². The predicted octanol–water partition coefficient (Wildman–Crippen LogP) is 2.51. The first kappa shape index (κ1) is 23.3. The van der Waals surface area contributed by atoms with E-state index in [1.165, 1.54) is 35.7 Å². The fourth-order valence-electron chi connectivity index (χ4n) is 3.94. The highest BCUT2D eigenvalue weighted by Crippen LogP contribution is 2.31. The van der Waals surface area contributed by atoms with E-state index >= 15 is 0 Å². The summed E-state index contributed by atoms with van der Waals surface area (Å²) in [5.41, 5.74) is -1.24. The molecule has 12 heteroatoms. The van der Waals surface area contributed by atoms with Gasteiger partial charge >= 0.3 is 6.03 Å². The zero-order chi connectivity index (χ0) is 23.8. The molecular formula is C21H23ClN4O6S. The van der Waals surface area contributed by atoms with Crippen LogP contribution in [0.15, 0.2) is 45.9 Å². The number of furan rings is 1. The fourth-order valence-corrected chi connectivity index (χ4v) is 5.96. The van der Waals surface area contributed by atoms with Crippen LogP contribution >= 0.6 is 11.6 Å². The molecule has 2 fully saturated rings. The molecule has 0 bridgehead atoms. The quantitative estimate of drug-likeness (QED) is 0.593. The number of imide groups is 1. The topological polar surface area (TPSA) is 129 Å². The number of anilines is 1. The summed E-state index contributed by atoms with van der Waals surface area (Å²) in [5, 5.41) is 5.12. The highest BCUT2D eigenvalue weighted by Gasteiger charge is 2.51. The Kier molecular flexibility index (Phi) is 6.21. The molecule has 4 rings (SSSR count). The maximum absolute atomic E-state index is 13.0. The average molecular weight is 495 g/mol. The molecule has 2 aliphatic heterocycles. The Morgan fingerprint density at radius 3 is 2.61 bits per heavy atom. The predicted molar refractivity (Wildman–Crippen MR) is 119 cm³/mol. The molecule has 2 aromatic rings. The van der Waals surface area contributed by atoms with E-state index in [1.807, 2.05) is 0 Å². The fraction of sp³-hybridized carbons (Fsp3) is 0.381. The van der Waals surface area contributed by atoms with Gasteiger partial charge in [-0.3, -0.25) is 14.5 Å². The Hall–Kier alpha value is -2.89. The van der Waals surface area contributed by atoms with Crippen molar-refractivity contribution in [1.82, 2.24) is 14.5 Å². The second-order valence-electron chi connectivity index (χ2n) is 8.08. The Labute approximate surface area is 195 Å². The first-order chi connectivity index (χ1) is 15.6. The lowest BCUT2D eigenvalue weighted by molar-refractivity contribution is -0.134. The summed E-state index contributed by atoms with van der Waals surface area (Å²) < 4.78 is 32.7. The largest absolute Gasteiger partial charge is 0.466 e. The van der Waals surface area contributed by atoms with Crippen LogP contribution in [0, 0.1) is 0 Å². The van der Waals surface area contributed by atoms with E-state index in [1.54, 1.807) is 12.1 Å². The van der Waals surface area contributed by atoms with Gasteiger partial charge in [-0.25, -0.2) is 13.2 Å². The summed E-state index contributed by atoms with van der Waals surface area (Å²) >= 11 is 6.16. The van der Waals surface area contributed by atoms with E-state index in [0.29, 0.717) is 13.1 Å². The molecule has 1 unspecified atom stereocenters. The molecular weight excluding hydrogens is 472 g/mol. The Morgan fingerprint density at radius 1 is 1.21 bits per heavy atom. The summed E-state index contributed by atoms with van der Waals surface area (Å²) in [7, 11) is -3.82.